The molecule has 0 aliphatic carbocycles. The van der Waals surface area contributed by atoms with Crippen LogP contribution in [0.15, 0.2) is 53.2 Å². The molecule has 1 aromatic heterocycles. The highest BCUT2D eigenvalue weighted by Crippen LogP contribution is 2.16. The van der Waals surface area contributed by atoms with E-state index in [0.29, 0.717) is 5.76 Å². The molecule has 0 unspecified atom stereocenters. The standard InChI is InChI=1S/C18H21NO3/c1-2-3-4-13-21-17-9-7-15(8-10-17)19-18(20)12-11-16-6-5-14-22-16/h5-12,14H,2-4,13H2,1H3,(H,19,20)/b12-11+. The molecular formula is C18H21NO3. The molecule has 0 saturated carbocycles. The van der Waals surface area contributed by atoms with Crippen molar-refractivity contribution in [1.29, 1.82) is 0 Å². The van der Waals surface area contributed by atoms with Crippen molar-refractivity contribution in [2.24, 2.45) is 0 Å². The summed E-state index contributed by atoms with van der Waals surface area (Å²) in [6.07, 6.45) is 8.05. The average Bonchev–Trinajstić information content (AvgIpc) is 3.05. The molecule has 0 spiro atoms. The molecule has 0 atom stereocenters. The summed E-state index contributed by atoms with van der Waals surface area (Å²) in [5.74, 6) is 1.26. The summed E-state index contributed by atoms with van der Waals surface area (Å²) in [6, 6.07) is 10.9. The number of carbonyl (C=O) groups excluding carboxylic acids is 1. The van der Waals surface area contributed by atoms with Crippen LogP contribution in [-0.2, 0) is 4.79 Å². The van der Waals surface area contributed by atoms with Gasteiger partial charge in [0.1, 0.15) is 11.5 Å². The van der Waals surface area contributed by atoms with E-state index in [1.54, 1.807) is 24.5 Å². The molecule has 1 N–H and O–H groups in total. The molecule has 2 aromatic rings. The molecular weight excluding hydrogens is 278 g/mol. The zero-order valence-corrected chi connectivity index (χ0v) is 12.7. The van der Waals surface area contributed by atoms with Gasteiger partial charge in [0.15, 0.2) is 0 Å². The van der Waals surface area contributed by atoms with Gasteiger partial charge in [0.25, 0.3) is 0 Å². The van der Waals surface area contributed by atoms with Gasteiger partial charge in [0, 0.05) is 11.8 Å². The third-order valence-electron chi connectivity index (χ3n) is 3.08. The monoisotopic (exact) mass is 299 g/mol. The molecule has 116 valence electrons. The molecule has 0 fully saturated rings. The van der Waals surface area contributed by atoms with Crippen LogP contribution in [0.2, 0.25) is 0 Å². The largest absolute Gasteiger partial charge is 0.494 e. The van der Waals surface area contributed by atoms with E-state index in [0.717, 1.165) is 24.5 Å². The van der Waals surface area contributed by atoms with E-state index in [2.05, 4.69) is 12.2 Å². The van der Waals surface area contributed by atoms with Crippen molar-refractivity contribution in [2.75, 3.05) is 11.9 Å². The molecule has 1 amide bonds. The first-order valence-corrected chi connectivity index (χ1v) is 7.53. The second-order valence-corrected chi connectivity index (χ2v) is 4.92. The molecule has 2 rings (SSSR count). The van der Waals surface area contributed by atoms with Crippen molar-refractivity contribution in [2.45, 2.75) is 26.2 Å². The quantitative estimate of drug-likeness (QED) is 0.576. The molecule has 1 aromatic carbocycles. The Morgan fingerprint density at radius 2 is 2.05 bits per heavy atom. The zero-order valence-electron chi connectivity index (χ0n) is 12.7. The van der Waals surface area contributed by atoms with Crippen molar-refractivity contribution in [1.82, 2.24) is 0 Å². The Kier molecular flexibility index (Phi) is 6.30. The lowest BCUT2D eigenvalue weighted by atomic mass is 10.2. The minimum absolute atomic E-state index is 0.201. The first-order valence-electron chi connectivity index (χ1n) is 7.53. The van der Waals surface area contributed by atoms with Gasteiger partial charge < -0.3 is 14.5 Å². The number of hydrogen-bond donors (Lipinski definition) is 1. The summed E-state index contributed by atoms with van der Waals surface area (Å²) < 4.78 is 10.7. The van der Waals surface area contributed by atoms with Crippen molar-refractivity contribution in [3.63, 3.8) is 0 Å². The van der Waals surface area contributed by atoms with E-state index in [4.69, 9.17) is 9.15 Å². The Hall–Kier alpha value is -2.49. The maximum Gasteiger partial charge on any atom is 0.248 e. The molecule has 0 aliphatic rings. The van der Waals surface area contributed by atoms with Gasteiger partial charge in [0.05, 0.1) is 12.9 Å². The van der Waals surface area contributed by atoms with Crippen LogP contribution in [0.4, 0.5) is 5.69 Å². The summed E-state index contributed by atoms with van der Waals surface area (Å²) in [6.45, 7) is 2.89. The Labute approximate surface area is 130 Å². The van der Waals surface area contributed by atoms with Crippen molar-refractivity contribution >= 4 is 17.7 Å². The lowest BCUT2D eigenvalue weighted by Gasteiger charge is -2.07. The van der Waals surface area contributed by atoms with E-state index >= 15 is 0 Å². The average molecular weight is 299 g/mol. The summed E-state index contributed by atoms with van der Waals surface area (Å²) >= 11 is 0. The zero-order chi connectivity index (χ0) is 15.6. The van der Waals surface area contributed by atoms with Gasteiger partial charge in [-0.2, -0.15) is 0 Å². The van der Waals surface area contributed by atoms with Crippen LogP contribution in [0.1, 0.15) is 31.9 Å². The number of rotatable bonds is 8. The van der Waals surface area contributed by atoms with E-state index in [1.165, 1.54) is 18.9 Å². The lowest BCUT2D eigenvalue weighted by Crippen LogP contribution is -2.07. The van der Waals surface area contributed by atoms with Crippen molar-refractivity contribution < 1.29 is 13.9 Å². The number of unbranched alkanes of at least 4 members (excludes halogenated alkanes) is 2. The third kappa shape index (κ3) is 5.48. The fraction of sp³-hybridized carbons (Fsp3) is 0.278. The van der Waals surface area contributed by atoms with Crippen LogP contribution in [0.5, 0.6) is 5.75 Å². The molecule has 0 aliphatic heterocycles. The summed E-state index contributed by atoms with van der Waals surface area (Å²) in [7, 11) is 0. The summed E-state index contributed by atoms with van der Waals surface area (Å²) in [4.78, 5) is 11.8. The Bertz CT molecular complexity index is 585. The number of carbonyl (C=O) groups is 1. The van der Waals surface area contributed by atoms with Gasteiger partial charge in [-0.25, -0.2) is 0 Å². The Balaban J connectivity index is 1.79. The maximum absolute atomic E-state index is 11.8. The van der Waals surface area contributed by atoms with Crippen molar-refractivity contribution in [3.05, 3.63) is 54.5 Å². The number of amides is 1. The van der Waals surface area contributed by atoms with Crippen LogP contribution < -0.4 is 10.1 Å². The number of ether oxygens (including phenoxy) is 1. The fourth-order valence-corrected chi connectivity index (χ4v) is 1.90. The van der Waals surface area contributed by atoms with E-state index in [-0.39, 0.29) is 5.91 Å². The molecule has 0 saturated heterocycles. The van der Waals surface area contributed by atoms with Crippen LogP contribution in [0.3, 0.4) is 0 Å². The SMILES string of the molecule is CCCCCOc1ccc(NC(=O)/C=C/c2ccco2)cc1. The van der Waals surface area contributed by atoms with Crippen LogP contribution in [0, 0.1) is 0 Å². The van der Waals surface area contributed by atoms with Crippen molar-refractivity contribution in [3.8, 4) is 5.75 Å². The first-order chi connectivity index (χ1) is 10.8. The van der Waals surface area contributed by atoms with Gasteiger partial charge in [-0.05, 0) is 48.9 Å². The normalized spacial score (nSPS) is 10.8. The van der Waals surface area contributed by atoms with Gasteiger partial charge >= 0.3 is 0 Å². The molecule has 22 heavy (non-hydrogen) atoms. The highest BCUT2D eigenvalue weighted by molar-refractivity contribution is 6.01. The minimum atomic E-state index is -0.201. The predicted molar refractivity (Wildman–Crippen MR) is 87.8 cm³/mol. The second kappa shape index (κ2) is 8.72. The topological polar surface area (TPSA) is 51.5 Å². The van der Waals surface area contributed by atoms with Crippen LogP contribution in [-0.4, -0.2) is 12.5 Å². The van der Waals surface area contributed by atoms with E-state index in [9.17, 15) is 4.79 Å². The number of benzene rings is 1. The smallest absolute Gasteiger partial charge is 0.248 e. The van der Waals surface area contributed by atoms with Gasteiger partial charge in [-0.1, -0.05) is 19.8 Å². The van der Waals surface area contributed by atoms with Crippen LogP contribution in [0.25, 0.3) is 6.08 Å². The van der Waals surface area contributed by atoms with Gasteiger partial charge in [0.2, 0.25) is 5.91 Å². The summed E-state index contributed by atoms with van der Waals surface area (Å²) in [5, 5.41) is 2.79. The van der Waals surface area contributed by atoms with Gasteiger partial charge in [-0.3, -0.25) is 4.79 Å². The van der Waals surface area contributed by atoms with E-state index in [1.807, 2.05) is 24.3 Å². The predicted octanol–water partition coefficient (Wildman–Crippen LogP) is 4.50. The lowest BCUT2D eigenvalue weighted by molar-refractivity contribution is -0.111. The minimum Gasteiger partial charge on any atom is -0.494 e. The van der Waals surface area contributed by atoms with Gasteiger partial charge in [-0.15, -0.1) is 0 Å². The number of furan rings is 1. The molecule has 4 heteroatoms. The number of nitrogens with one attached hydrogen (secondary N) is 1. The highest BCUT2D eigenvalue weighted by atomic mass is 16.5. The number of anilines is 1. The van der Waals surface area contributed by atoms with E-state index < -0.39 is 0 Å². The Morgan fingerprint density at radius 3 is 2.73 bits per heavy atom. The maximum atomic E-state index is 11.8. The third-order valence-corrected chi connectivity index (χ3v) is 3.08. The second-order valence-electron chi connectivity index (χ2n) is 4.92. The first kappa shape index (κ1) is 15.9. The molecule has 1 heterocycles. The summed E-state index contributed by atoms with van der Waals surface area (Å²) in [5.41, 5.74) is 0.731. The molecule has 0 radical (unpaired) electrons. The number of hydrogen-bond acceptors (Lipinski definition) is 3. The highest BCUT2D eigenvalue weighted by Gasteiger charge is 1.99. The fourth-order valence-electron chi connectivity index (χ4n) is 1.90. The molecule has 0 bridgehead atoms. The van der Waals surface area contributed by atoms with Crippen LogP contribution >= 0.6 is 0 Å². The molecule has 4 nitrogen and oxygen atoms in total. The Morgan fingerprint density at radius 1 is 1.23 bits per heavy atom.